The Labute approximate surface area is 143 Å². The molecule has 1 aliphatic rings. The van der Waals surface area contributed by atoms with E-state index in [-0.39, 0.29) is 5.88 Å². The lowest BCUT2D eigenvalue weighted by molar-refractivity contribution is 0.180. The first kappa shape index (κ1) is 15.2. The average molecular weight is 333 g/mol. The molecule has 3 heterocycles. The van der Waals surface area contributed by atoms with E-state index in [1.54, 1.807) is 13.3 Å². The summed E-state index contributed by atoms with van der Waals surface area (Å²) in [6.45, 7) is 0.323. The zero-order valence-electron chi connectivity index (χ0n) is 13.5. The van der Waals surface area contributed by atoms with Gasteiger partial charge in [0.2, 0.25) is 11.8 Å². The van der Waals surface area contributed by atoms with Gasteiger partial charge in [-0.15, -0.1) is 5.10 Å². The highest BCUT2D eigenvalue weighted by Gasteiger charge is 2.35. The van der Waals surface area contributed by atoms with Crippen LogP contribution in [0.5, 0.6) is 5.88 Å². The SMILES string of the molecule is COCc1[nH]nc2c1[C@@H](c1ccnc3ccccc13)C(C#N)=C(N)O2. The van der Waals surface area contributed by atoms with Gasteiger partial charge in [0.1, 0.15) is 11.6 Å². The quantitative estimate of drug-likeness (QED) is 0.761. The van der Waals surface area contributed by atoms with Crippen LogP contribution in [0.25, 0.3) is 10.9 Å². The number of fused-ring (bicyclic) bond motifs is 2. The number of ether oxygens (including phenoxy) is 2. The molecule has 0 fully saturated rings. The van der Waals surface area contributed by atoms with Crippen molar-refractivity contribution in [2.45, 2.75) is 12.5 Å². The van der Waals surface area contributed by atoms with Gasteiger partial charge in [-0.1, -0.05) is 18.2 Å². The Balaban J connectivity index is 2.02. The van der Waals surface area contributed by atoms with Crippen LogP contribution in [0.1, 0.15) is 22.7 Å². The zero-order valence-corrected chi connectivity index (χ0v) is 13.5. The fourth-order valence-electron chi connectivity index (χ4n) is 3.24. The molecule has 7 nitrogen and oxygen atoms in total. The largest absolute Gasteiger partial charge is 0.420 e. The van der Waals surface area contributed by atoms with Crippen molar-refractivity contribution in [1.82, 2.24) is 15.2 Å². The molecule has 3 aromatic rings. The summed E-state index contributed by atoms with van der Waals surface area (Å²) < 4.78 is 10.8. The number of allylic oxidation sites excluding steroid dienone is 1. The number of nitrogens with two attached hydrogens (primary N) is 1. The molecule has 0 aliphatic carbocycles. The standard InChI is InChI=1S/C18H15N5O2/c1-24-9-14-16-15(12(8-19)17(20)25-18(16)23-22-14)11-6-7-21-13-5-3-2-4-10(11)13/h2-7,15H,9,20H2,1H3,(H,22,23)/t15-/m0/s1. The third-order valence-electron chi connectivity index (χ3n) is 4.30. The lowest BCUT2D eigenvalue weighted by atomic mass is 9.82. The smallest absolute Gasteiger partial charge is 0.244 e. The number of methoxy groups -OCH3 is 1. The van der Waals surface area contributed by atoms with Crippen LogP contribution in [-0.2, 0) is 11.3 Å². The zero-order chi connectivity index (χ0) is 17.4. The van der Waals surface area contributed by atoms with Crippen molar-refractivity contribution in [2.75, 3.05) is 7.11 Å². The molecule has 0 bridgehead atoms. The number of aromatic amines is 1. The Kier molecular flexibility index (Phi) is 3.60. The van der Waals surface area contributed by atoms with Gasteiger partial charge >= 0.3 is 0 Å². The Morgan fingerprint density at radius 1 is 1.36 bits per heavy atom. The minimum atomic E-state index is -0.398. The second-order valence-electron chi connectivity index (χ2n) is 5.70. The van der Waals surface area contributed by atoms with Crippen molar-refractivity contribution in [2.24, 2.45) is 5.73 Å². The number of hydrogen-bond donors (Lipinski definition) is 2. The Hall–Kier alpha value is -3.37. The van der Waals surface area contributed by atoms with Gasteiger partial charge in [-0.05, 0) is 17.7 Å². The summed E-state index contributed by atoms with van der Waals surface area (Å²) in [4.78, 5) is 4.40. The number of rotatable bonds is 3. The fraction of sp³-hybridized carbons (Fsp3) is 0.167. The van der Waals surface area contributed by atoms with Gasteiger partial charge in [-0.25, -0.2) is 0 Å². The Morgan fingerprint density at radius 3 is 3.00 bits per heavy atom. The second kappa shape index (κ2) is 5.92. The van der Waals surface area contributed by atoms with Crippen LogP contribution < -0.4 is 10.5 Å². The summed E-state index contributed by atoms with van der Waals surface area (Å²) in [6, 6.07) is 11.9. The maximum absolute atomic E-state index is 9.70. The van der Waals surface area contributed by atoms with Gasteiger partial charge in [-0.3, -0.25) is 10.1 Å². The van der Waals surface area contributed by atoms with Crippen molar-refractivity contribution in [1.29, 1.82) is 5.26 Å². The summed E-state index contributed by atoms with van der Waals surface area (Å²) in [5.74, 6) is 0.0383. The third kappa shape index (κ3) is 2.31. The molecule has 0 saturated carbocycles. The van der Waals surface area contributed by atoms with E-state index in [0.717, 1.165) is 27.7 Å². The van der Waals surface area contributed by atoms with E-state index >= 15 is 0 Å². The molecule has 1 atom stereocenters. The molecule has 1 aromatic carbocycles. The highest BCUT2D eigenvalue weighted by Crippen LogP contribution is 2.44. The average Bonchev–Trinajstić information content (AvgIpc) is 3.03. The molecule has 0 unspecified atom stereocenters. The van der Waals surface area contributed by atoms with Crippen LogP contribution >= 0.6 is 0 Å². The summed E-state index contributed by atoms with van der Waals surface area (Å²) in [7, 11) is 1.60. The Bertz CT molecular complexity index is 1030. The predicted octanol–water partition coefficient (Wildman–Crippen LogP) is 2.32. The van der Waals surface area contributed by atoms with Crippen molar-refractivity contribution in [3.63, 3.8) is 0 Å². The molecule has 7 heteroatoms. The maximum Gasteiger partial charge on any atom is 0.244 e. The monoisotopic (exact) mass is 333 g/mol. The lowest BCUT2D eigenvalue weighted by Crippen LogP contribution is -2.21. The number of nitrogens with zero attached hydrogens (tertiary/aromatic N) is 3. The number of nitriles is 1. The van der Waals surface area contributed by atoms with Gasteiger partial charge < -0.3 is 15.2 Å². The Morgan fingerprint density at radius 2 is 2.20 bits per heavy atom. The van der Waals surface area contributed by atoms with Crippen LogP contribution in [-0.4, -0.2) is 22.3 Å². The van der Waals surface area contributed by atoms with E-state index in [2.05, 4.69) is 21.3 Å². The van der Waals surface area contributed by atoms with E-state index < -0.39 is 5.92 Å². The number of pyridine rings is 1. The van der Waals surface area contributed by atoms with Crippen molar-refractivity contribution < 1.29 is 9.47 Å². The molecule has 25 heavy (non-hydrogen) atoms. The van der Waals surface area contributed by atoms with Gasteiger partial charge in [0.15, 0.2) is 0 Å². The van der Waals surface area contributed by atoms with Crippen LogP contribution in [0.3, 0.4) is 0 Å². The second-order valence-corrected chi connectivity index (χ2v) is 5.70. The minimum absolute atomic E-state index is 0.0661. The molecule has 3 N–H and O–H groups in total. The number of para-hydroxylation sites is 1. The van der Waals surface area contributed by atoms with E-state index in [0.29, 0.717) is 18.1 Å². The number of aromatic nitrogens is 3. The summed E-state index contributed by atoms with van der Waals surface area (Å²) in [5.41, 5.74) is 9.64. The molecule has 0 saturated heterocycles. The van der Waals surface area contributed by atoms with Gasteiger partial charge in [0, 0.05) is 18.7 Å². The predicted molar refractivity (Wildman–Crippen MR) is 90.3 cm³/mol. The minimum Gasteiger partial charge on any atom is -0.420 e. The summed E-state index contributed by atoms with van der Waals surface area (Å²) in [5, 5.41) is 17.8. The lowest BCUT2D eigenvalue weighted by Gasteiger charge is -2.24. The third-order valence-corrected chi connectivity index (χ3v) is 4.30. The molecule has 0 radical (unpaired) electrons. The molecule has 2 aromatic heterocycles. The molecule has 0 spiro atoms. The molecule has 4 rings (SSSR count). The molecule has 0 amide bonds. The number of hydrogen-bond acceptors (Lipinski definition) is 6. The van der Waals surface area contributed by atoms with Crippen molar-refractivity contribution in [3.05, 3.63) is 64.8 Å². The van der Waals surface area contributed by atoms with E-state index in [1.807, 2.05) is 30.3 Å². The van der Waals surface area contributed by atoms with Crippen LogP contribution in [0.2, 0.25) is 0 Å². The maximum atomic E-state index is 9.70. The van der Waals surface area contributed by atoms with Crippen LogP contribution in [0.4, 0.5) is 0 Å². The first-order valence-corrected chi connectivity index (χ1v) is 7.72. The van der Waals surface area contributed by atoms with Crippen LogP contribution in [0, 0.1) is 11.3 Å². The highest BCUT2D eigenvalue weighted by atomic mass is 16.5. The van der Waals surface area contributed by atoms with Gasteiger partial charge in [0.25, 0.3) is 0 Å². The van der Waals surface area contributed by atoms with Crippen molar-refractivity contribution >= 4 is 10.9 Å². The van der Waals surface area contributed by atoms with Crippen LogP contribution in [0.15, 0.2) is 48.0 Å². The summed E-state index contributed by atoms with van der Waals surface area (Å²) in [6.07, 6.45) is 1.73. The van der Waals surface area contributed by atoms with E-state index in [4.69, 9.17) is 15.2 Å². The van der Waals surface area contributed by atoms with E-state index in [1.165, 1.54) is 0 Å². The molecular formula is C18H15N5O2. The number of benzene rings is 1. The molecule has 1 aliphatic heterocycles. The molecule has 124 valence electrons. The first-order valence-electron chi connectivity index (χ1n) is 7.72. The number of H-pyrrole nitrogens is 1. The van der Waals surface area contributed by atoms with Gasteiger partial charge in [0.05, 0.1) is 29.3 Å². The van der Waals surface area contributed by atoms with Crippen molar-refractivity contribution in [3.8, 4) is 11.9 Å². The topological polar surface area (TPSA) is 110 Å². The normalized spacial score (nSPS) is 16.4. The molecular weight excluding hydrogens is 318 g/mol. The van der Waals surface area contributed by atoms with Gasteiger partial charge in [-0.2, -0.15) is 5.26 Å². The first-order chi connectivity index (χ1) is 12.2. The highest BCUT2D eigenvalue weighted by molar-refractivity contribution is 5.84. The summed E-state index contributed by atoms with van der Waals surface area (Å²) >= 11 is 0. The van der Waals surface area contributed by atoms with E-state index in [9.17, 15) is 5.26 Å². The number of nitrogens with one attached hydrogen (secondary N) is 1. The fourth-order valence-corrected chi connectivity index (χ4v) is 3.24.